The van der Waals surface area contributed by atoms with E-state index in [0.29, 0.717) is 10.7 Å². The molecule has 0 aliphatic rings. The van der Waals surface area contributed by atoms with Crippen LogP contribution in [0.4, 0.5) is 11.4 Å². The van der Waals surface area contributed by atoms with Crippen LogP contribution in [0.3, 0.4) is 0 Å². The standard InChI is InChI=1S/C24H21ClN2O5S/c1-14(23(30)27-18-8-11-21(28)20(13-18)24(31)32)33-19-9-6-17(7-10-19)26-22(29)12-15-2-4-16(25)5-3-15/h2-11,13-14,28H,12H2,1H3,(H,26,29)(H,27,30)(H,31,32). The molecule has 9 heteroatoms. The molecule has 0 spiro atoms. The van der Waals surface area contributed by atoms with Gasteiger partial charge in [-0.2, -0.15) is 0 Å². The summed E-state index contributed by atoms with van der Waals surface area (Å²) in [5.41, 5.74) is 1.48. The van der Waals surface area contributed by atoms with Gasteiger partial charge in [0, 0.05) is 21.3 Å². The fourth-order valence-electron chi connectivity index (χ4n) is 2.90. The summed E-state index contributed by atoms with van der Waals surface area (Å²) in [4.78, 5) is 36.7. The van der Waals surface area contributed by atoms with Crippen LogP contribution in [0.25, 0.3) is 0 Å². The predicted molar refractivity (Wildman–Crippen MR) is 129 cm³/mol. The fourth-order valence-corrected chi connectivity index (χ4v) is 3.89. The average molecular weight is 485 g/mol. The molecule has 3 aromatic rings. The summed E-state index contributed by atoms with van der Waals surface area (Å²) in [6, 6.07) is 18.0. The van der Waals surface area contributed by atoms with Crippen LogP contribution in [-0.2, 0) is 16.0 Å². The van der Waals surface area contributed by atoms with Crippen molar-refractivity contribution in [2.45, 2.75) is 23.5 Å². The molecular formula is C24H21ClN2O5S. The van der Waals surface area contributed by atoms with Gasteiger partial charge in [-0.3, -0.25) is 9.59 Å². The summed E-state index contributed by atoms with van der Waals surface area (Å²) in [6.07, 6.45) is 0.228. The second kappa shape index (κ2) is 10.9. The van der Waals surface area contributed by atoms with Gasteiger partial charge in [0.2, 0.25) is 11.8 Å². The lowest BCUT2D eigenvalue weighted by Crippen LogP contribution is -2.22. The van der Waals surface area contributed by atoms with Gasteiger partial charge in [-0.15, -0.1) is 11.8 Å². The van der Waals surface area contributed by atoms with Gasteiger partial charge in [0.15, 0.2) is 0 Å². The first-order valence-corrected chi connectivity index (χ1v) is 11.1. The van der Waals surface area contributed by atoms with E-state index in [0.717, 1.165) is 10.5 Å². The van der Waals surface area contributed by atoms with Gasteiger partial charge >= 0.3 is 5.97 Å². The number of nitrogens with one attached hydrogen (secondary N) is 2. The third-order valence-corrected chi connectivity index (χ3v) is 5.96. The van der Waals surface area contributed by atoms with Crippen molar-refractivity contribution in [2.24, 2.45) is 0 Å². The van der Waals surface area contributed by atoms with Crippen LogP contribution in [0.1, 0.15) is 22.8 Å². The van der Waals surface area contributed by atoms with Gasteiger partial charge in [0.1, 0.15) is 11.3 Å². The van der Waals surface area contributed by atoms with Crippen LogP contribution in [0.5, 0.6) is 5.75 Å². The number of benzene rings is 3. The Hall–Kier alpha value is -3.49. The molecule has 0 bridgehead atoms. The summed E-state index contributed by atoms with van der Waals surface area (Å²) < 4.78 is 0. The lowest BCUT2D eigenvalue weighted by molar-refractivity contribution is -0.116. The molecule has 1 unspecified atom stereocenters. The molecule has 0 heterocycles. The molecule has 0 aromatic heterocycles. The van der Waals surface area contributed by atoms with Crippen molar-refractivity contribution < 1.29 is 24.6 Å². The molecule has 0 aliphatic carbocycles. The Morgan fingerprint density at radius 3 is 2.21 bits per heavy atom. The van der Waals surface area contributed by atoms with Gasteiger partial charge in [0.25, 0.3) is 0 Å². The van der Waals surface area contributed by atoms with Crippen LogP contribution in [0, 0.1) is 0 Å². The largest absolute Gasteiger partial charge is 0.507 e. The smallest absolute Gasteiger partial charge is 0.339 e. The highest BCUT2D eigenvalue weighted by atomic mass is 35.5. The Morgan fingerprint density at radius 2 is 1.58 bits per heavy atom. The van der Waals surface area contributed by atoms with Crippen molar-refractivity contribution in [1.82, 2.24) is 0 Å². The SMILES string of the molecule is CC(Sc1ccc(NC(=O)Cc2ccc(Cl)cc2)cc1)C(=O)Nc1ccc(O)c(C(=O)O)c1. The fraction of sp³-hybridized carbons (Fsp3) is 0.125. The van der Waals surface area contributed by atoms with Crippen molar-refractivity contribution in [3.8, 4) is 5.75 Å². The molecule has 170 valence electrons. The number of carbonyl (C=O) groups is 3. The summed E-state index contributed by atoms with van der Waals surface area (Å²) in [5.74, 6) is -2.13. The van der Waals surface area contributed by atoms with Crippen LogP contribution in [0.15, 0.2) is 71.6 Å². The number of thioether (sulfide) groups is 1. The predicted octanol–water partition coefficient (Wildman–Crippen LogP) is 5.04. The van der Waals surface area contributed by atoms with Crippen molar-refractivity contribution in [2.75, 3.05) is 10.6 Å². The average Bonchev–Trinajstić information content (AvgIpc) is 2.77. The highest BCUT2D eigenvalue weighted by Gasteiger charge is 2.17. The van der Waals surface area contributed by atoms with E-state index in [1.807, 2.05) is 0 Å². The summed E-state index contributed by atoms with van der Waals surface area (Å²) in [5, 5.41) is 24.3. The minimum atomic E-state index is -1.29. The van der Waals surface area contributed by atoms with E-state index in [4.69, 9.17) is 16.7 Å². The van der Waals surface area contributed by atoms with Gasteiger partial charge in [-0.25, -0.2) is 4.79 Å². The van der Waals surface area contributed by atoms with Crippen LogP contribution < -0.4 is 10.6 Å². The molecule has 0 saturated heterocycles. The molecule has 0 radical (unpaired) electrons. The number of phenols is 1. The molecular weight excluding hydrogens is 464 g/mol. The van der Waals surface area contributed by atoms with Gasteiger partial charge in [0.05, 0.1) is 11.7 Å². The minimum absolute atomic E-state index is 0.153. The molecule has 2 amide bonds. The summed E-state index contributed by atoms with van der Waals surface area (Å²) in [7, 11) is 0. The summed E-state index contributed by atoms with van der Waals surface area (Å²) >= 11 is 7.17. The number of carboxylic acid groups (broad SMARTS) is 1. The van der Waals surface area contributed by atoms with E-state index < -0.39 is 11.2 Å². The quantitative estimate of drug-likeness (QED) is 0.263. The first-order valence-electron chi connectivity index (χ1n) is 9.89. The van der Waals surface area contributed by atoms with Gasteiger partial charge < -0.3 is 20.8 Å². The second-order valence-electron chi connectivity index (χ2n) is 7.16. The number of rotatable bonds is 8. The van der Waals surface area contributed by atoms with Crippen molar-refractivity contribution in [3.05, 3.63) is 82.9 Å². The molecule has 7 nitrogen and oxygen atoms in total. The number of anilines is 2. The number of carbonyl (C=O) groups excluding carboxylic acids is 2. The zero-order chi connectivity index (χ0) is 24.0. The van der Waals surface area contributed by atoms with Gasteiger partial charge in [-0.1, -0.05) is 23.7 Å². The molecule has 33 heavy (non-hydrogen) atoms. The highest BCUT2D eigenvalue weighted by Crippen LogP contribution is 2.27. The number of amides is 2. The minimum Gasteiger partial charge on any atom is -0.507 e. The Balaban J connectivity index is 1.54. The van der Waals surface area contributed by atoms with Crippen molar-refractivity contribution in [3.63, 3.8) is 0 Å². The third-order valence-electron chi connectivity index (χ3n) is 4.59. The highest BCUT2D eigenvalue weighted by molar-refractivity contribution is 8.00. The number of aromatic hydroxyl groups is 1. The second-order valence-corrected chi connectivity index (χ2v) is 9.01. The molecule has 3 rings (SSSR count). The number of halogens is 1. The van der Waals surface area contributed by atoms with E-state index in [-0.39, 0.29) is 35.2 Å². The monoisotopic (exact) mass is 484 g/mol. The molecule has 0 aliphatic heterocycles. The number of carboxylic acids is 1. The van der Waals surface area contributed by atoms with Crippen molar-refractivity contribution >= 4 is 52.5 Å². The first-order chi connectivity index (χ1) is 15.7. The topological polar surface area (TPSA) is 116 Å². The maximum atomic E-state index is 12.5. The number of hydrogen-bond acceptors (Lipinski definition) is 5. The zero-order valence-corrected chi connectivity index (χ0v) is 19.1. The van der Waals surface area contributed by atoms with E-state index in [2.05, 4.69) is 10.6 Å². The molecule has 0 saturated carbocycles. The van der Waals surface area contributed by atoms with Crippen LogP contribution >= 0.6 is 23.4 Å². The molecule has 4 N–H and O–H groups in total. The van der Waals surface area contributed by atoms with Gasteiger partial charge in [-0.05, 0) is 67.1 Å². The molecule has 1 atom stereocenters. The molecule has 0 fully saturated rings. The first kappa shape index (κ1) is 24.2. The van der Waals surface area contributed by atoms with Crippen LogP contribution in [0.2, 0.25) is 5.02 Å². The Labute approximate surface area is 199 Å². The maximum Gasteiger partial charge on any atom is 0.339 e. The lowest BCUT2D eigenvalue weighted by Gasteiger charge is -2.13. The van der Waals surface area contributed by atoms with Crippen LogP contribution in [-0.4, -0.2) is 33.2 Å². The lowest BCUT2D eigenvalue weighted by atomic mass is 10.1. The maximum absolute atomic E-state index is 12.5. The van der Waals surface area contributed by atoms with Crippen molar-refractivity contribution in [1.29, 1.82) is 0 Å². The van der Waals surface area contributed by atoms with E-state index in [1.54, 1.807) is 55.5 Å². The third kappa shape index (κ3) is 7.00. The Morgan fingerprint density at radius 1 is 0.939 bits per heavy atom. The zero-order valence-electron chi connectivity index (χ0n) is 17.5. The summed E-state index contributed by atoms with van der Waals surface area (Å²) in [6.45, 7) is 1.72. The number of hydrogen-bond donors (Lipinski definition) is 4. The van der Waals surface area contributed by atoms with E-state index in [9.17, 15) is 19.5 Å². The molecule has 3 aromatic carbocycles. The Bertz CT molecular complexity index is 1170. The Kier molecular flexibility index (Phi) is 7.97. The van der Waals surface area contributed by atoms with E-state index in [1.165, 1.54) is 30.0 Å². The number of aromatic carboxylic acids is 1. The normalized spacial score (nSPS) is 11.5. The van der Waals surface area contributed by atoms with E-state index >= 15 is 0 Å².